The Morgan fingerprint density at radius 3 is 2.71 bits per heavy atom. The summed E-state index contributed by atoms with van der Waals surface area (Å²) in [7, 11) is 0. The fourth-order valence-corrected chi connectivity index (χ4v) is 4.34. The molecule has 6 heteroatoms. The molecule has 0 radical (unpaired) electrons. The van der Waals surface area contributed by atoms with E-state index in [1.165, 1.54) is 31.9 Å². The summed E-state index contributed by atoms with van der Waals surface area (Å²) in [5.41, 5.74) is 2.00. The highest BCUT2D eigenvalue weighted by atomic mass is 19.1. The Labute approximate surface area is 182 Å². The number of carbonyl (C=O) groups excluding carboxylic acids is 1. The van der Waals surface area contributed by atoms with Crippen molar-refractivity contribution in [1.82, 2.24) is 15.1 Å². The highest BCUT2D eigenvalue weighted by molar-refractivity contribution is 5.94. The van der Waals surface area contributed by atoms with Gasteiger partial charge in [-0.05, 0) is 56.5 Å². The summed E-state index contributed by atoms with van der Waals surface area (Å²) < 4.78 is 15.9. The molecule has 2 atom stereocenters. The molecule has 1 fully saturated rings. The fraction of sp³-hybridized carbons (Fsp3) is 0.360. The quantitative estimate of drug-likeness (QED) is 0.576. The van der Waals surface area contributed by atoms with Crippen LogP contribution in [-0.4, -0.2) is 41.4 Å². The van der Waals surface area contributed by atoms with Crippen molar-refractivity contribution in [2.75, 3.05) is 19.6 Å². The molecule has 2 heterocycles. The van der Waals surface area contributed by atoms with Crippen LogP contribution in [0.3, 0.4) is 0 Å². The SMILES string of the molecule is C[C@H]1CCCC[NH+]1CCCNC(=O)c1cc(-c2ccccc2F)nn1-c1ccccc1. The molecule has 0 aliphatic carbocycles. The molecule has 1 aromatic heterocycles. The number of carbonyl (C=O) groups is 1. The van der Waals surface area contributed by atoms with Gasteiger partial charge in [-0.1, -0.05) is 30.3 Å². The van der Waals surface area contributed by atoms with Crippen molar-refractivity contribution in [3.8, 4) is 16.9 Å². The number of rotatable bonds is 7. The molecule has 2 N–H and O–H groups in total. The number of para-hydroxylation sites is 1. The third-order valence-corrected chi connectivity index (χ3v) is 6.13. The van der Waals surface area contributed by atoms with E-state index in [2.05, 4.69) is 17.3 Å². The summed E-state index contributed by atoms with van der Waals surface area (Å²) in [5.74, 6) is -0.550. The molecule has 1 aliphatic rings. The van der Waals surface area contributed by atoms with Crippen LogP contribution in [0.2, 0.25) is 0 Å². The molecule has 0 bridgehead atoms. The van der Waals surface area contributed by atoms with Gasteiger partial charge in [-0.2, -0.15) is 5.10 Å². The number of benzene rings is 2. The predicted octanol–water partition coefficient (Wildman–Crippen LogP) is 3.26. The first-order chi connectivity index (χ1) is 15.1. The van der Waals surface area contributed by atoms with Gasteiger partial charge < -0.3 is 10.2 Å². The number of piperidine rings is 1. The van der Waals surface area contributed by atoms with Crippen LogP contribution in [0.1, 0.15) is 43.1 Å². The van der Waals surface area contributed by atoms with E-state index in [4.69, 9.17) is 0 Å². The Morgan fingerprint density at radius 1 is 1.16 bits per heavy atom. The van der Waals surface area contributed by atoms with E-state index in [1.54, 1.807) is 33.8 Å². The third kappa shape index (κ3) is 5.02. The lowest BCUT2D eigenvalue weighted by Crippen LogP contribution is -3.16. The van der Waals surface area contributed by atoms with E-state index in [1.807, 2.05) is 30.3 Å². The molecule has 1 saturated heterocycles. The minimum Gasteiger partial charge on any atom is -0.350 e. The van der Waals surface area contributed by atoms with Crippen LogP contribution < -0.4 is 10.2 Å². The molecule has 4 rings (SSSR count). The highest BCUT2D eigenvalue weighted by Gasteiger charge is 2.22. The molecule has 0 spiro atoms. The Balaban J connectivity index is 1.49. The van der Waals surface area contributed by atoms with Crippen molar-refractivity contribution in [2.24, 2.45) is 0 Å². The van der Waals surface area contributed by atoms with E-state index in [0.717, 1.165) is 18.7 Å². The van der Waals surface area contributed by atoms with Crippen molar-refractivity contribution >= 4 is 5.91 Å². The minimum absolute atomic E-state index is 0.194. The average Bonchev–Trinajstić information content (AvgIpc) is 3.24. The van der Waals surface area contributed by atoms with E-state index >= 15 is 0 Å². The number of hydrogen-bond donors (Lipinski definition) is 2. The summed E-state index contributed by atoms with van der Waals surface area (Å²) in [4.78, 5) is 14.6. The zero-order chi connectivity index (χ0) is 21.6. The molecule has 5 nitrogen and oxygen atoms in total. The lowest BCUT2D eigenvalue weighted by molar-refractivity contribution is -0.928. The standard InChI is InChI=1S/C25H29FN4O/c1-19-10-7-8-16-29(19)17-9-15-27-25(31)24-18-23(21-13-5-6-14-22(21)26)28-30(24)20-11-3-2-4-12-20/h2-6,11-14,18-19H,7-10,15-17H2,1H3,(H,27,31)/p+1/t19-/m0/s1. The topological polar surface area (TPSA) is 51.4 Å². The molecule has 31 heavy (non-hydrogen) atoms. The zero-order valence-corrected chi connectivity index (χ0v) is 18.0. The van der Waals surface area contributed by atoms with Gasteiger partial charge >= 0.3 is 0 Å². The summed E-state index contributed by atoms with van der Waals surface area (Å²) >= 11 is 0. The number of nitrogens with one attached hydrogen (secondary N) is 2. The van der Waals surface area contributed by atoms with Gasteiger partial charge in [0.25, 0.3) is 5.91 Å². The van der Waals surface area contributed by atoms with E-state index in [9.17, 15) is 9.18 Å². The molecule has 1 amide bonds. The van der Waals surface area contributed by atoms with Gasteiger partial charge in [-0.25, -0.2) is 9.07 Å². The number of halogens is 1. The van der Waals surface area contributed by atoms with Crippen LogP contribution in [0, 0.1) is 5.82 Å². The lowest BCUT2D eigenvalue weighted by Gasteiger charge is -2.30. The van der Waals surface area contributed by atoms with Gasteiger partial charge in [0, 0.05) is 18.5 Å². The maximum atomic E-state index is 14.3. The average molecular weight is 422 g/mol. The largest absolute Gasteiger partial charge is 0.350 e. The second kappa shape index (κ2) is 9.88. The minimum atomic E-state index is -0.356. The Hall–Kier alpha value is -2.99. The number of aromatic nitrogens is 2. The van der Waals surface area contributed by atoms with Crippen LogP contribution in [0.4, 0.5) is 4.39 Å². The van der Waals surface area contributed by atoms with E-state index < -0.39 is 0 Å². The van der Waals surface area contributed by atoms with Gasteiger partial charge in [0.2, 0.25) is 0 Å². The number of nitrogens with zero attached hydrogens (tertiary/aromatic N) is 2. The summed E-state index contributed by atoms with van der Waals surface area (Å²) in [6.45, 7) is 5.22. The van der Waals surface area contributed by atoms with Crippen LogP contribution in [0.5, 0.6) is 0 Å². The molecular weight excluding hydrogens is 391 g/mol. The molecular formula is C25H30FN4O+. The molecule has 1 aliphatic heterocycles. The number of likely N-dealkylation sites (tertiary alicyclic amines) is 1. The molecule has 0 saturated carbocycles. The Bertz CT molecular complexity index is 1020. The van der Waals surface area contributed by atoms with Crippen molar-refractivity contribution < 1.29 is 14.1 Å². The first-order valence-corrected chi connectivity index (χ1v) is 11.2. The first kappa shape index (κ1) is 21.2. The van der Waals surface area contributed by atoms with Gasteiger partial charge in [0.1, 0.15) is 11.5 Å². The predicted molar refractivity (Wildman–Crippen MR) is 120 cm³/mol. The van der Waals surface area contributed by atoms with Crippen molar-refractivity contribution in [1.29, 1.82) is 0 Å². The molecule has 3 aromatic rings. The van der Waals surface area contributed by atoms with Gasteiger partial charge in [0.05, 0.1) is 30.5 Å². The van der Waals surface area contributed by atoms with Crippen LogP contribution in [0.25, 0.3) is 16.9 Å². The van der Waals surface area contributed by atoms with E-state index in [0.29, 0.717) is 29.5 Å². The molecule has 1 unspecified atom stereocenters. The highest BCUT2D eigenvalue weighted by Crippen LogP contribution is 2.24. The smallest absolute Gasteiger partial charge is 0.270 e. The van der Waals surface area contributed by atoms with Gasteiger partial charge in [-0.15, -0.1) is 0 Å². The Morgan fingerprint density at radius 2 is 1.94 bits per heavy atom. The van der Waals surface area contributed by atoms with Crippen molar-refractivity contribution in [3.63, 3.8) is 0 Å². The second-order valence-electron chi connectivity index (χ2n) is 8.31. The Kier molecular flexibility index (Phi) is 6.77. The van der Waals surface area contributed by atoms with Crippen LogP contribution >= 0.6 is 0 Å². The van der Waals surface area contributed by atoms with Gasteiger partial charge in [-0.3, -0.25) is 4.79 Å². The second-order valence-corrected chi connectivity index (χ2v) is 8.31. The molecule has 2 aromatic carbocycles. The van der Waals surface area contributed by atoms with E-state index in [-0.39, 0.29) is 11.7 Å². The number of quaternary nitrogens is 1. The van der Waals surface area contributed by atoms with Gasteiger partial charge in [0.15, 0.2) is 0 Å². The summed E-state index contributed by atoms with van der Waals surface area (Å²) in [5, 5.41) is 7.59. The normalized spacial score (nSPS) is 18.6. The lowest BCUT2D eigenvalue weighted by atomic mass is 10.0. The number of amides is 1. The number of hydrogen-bond acceptors (Lipinski definition) is 2. The fourth-order valence-electron chi connectivity index (χ4n) is 4.34. The third-order valence-electron chi connectivity index (χ3n) is 6.13. The maximum Gasteiger partial charge on any atom is 0.270 e. The summed E-state index contributed by atoms with van der Waals surface area (Å²) in [6, 6.07) is 18.3. The van der Waals surface area contributed by atoms with Crippen molar-refractivity contribution in [2.45, 2.75) is 38.6 Å². The van der Waals surface area contributed by atoms with Crippen LogP contribution in [0.15, 0.2) is 60.7 Å². The van der Waals surface area contributed by atoms with Crippen molar-refractivity contribution in [3.05, 3.63) is 72.2 Å². The summed E-state index contributed by atoms with van der Waals surface area (Å²) in [6.07, 6.45) is 4.85. The monoisotopic (exact) mass is 421 g/mol. The zero-order valence-electron chi connectivity index (χ0n) is 18.0. The molecule has 162 valence electrons. The first-order valence-electron chi connectivity index (χ1n) is 11.2. The maximum absolute atomic E-state index is 14.3. The van der Waals surface area contributed by atoms with Crippen LogP contribution in [-0.2, 0) is 0 Å².